The van der Waals surface area contributed by atoms with Gasteiger partial charge in [0.25, 0.3) is 5.56 Å². The summed E-state index contributed by atoms with van der Waals surface area (Å²) in [4.78, 5) is 11.6. The number of nitrogens with one attached hydrogen (secondary N) is 1. The third kappa shape index (κ3) is 1.26. The van der Waals surface area contributed by atoms with E-state index in [1.165, 1.54) is 4.57 Å². The zero-order chi connectivity index (χ0) is 9.26. The summed E-state index contributed by atoms with van der Waals surface area (Å²) in [6.45, 7) is 1.79. The molecule has 4 heteroatoms. The molecule has 0 bridgehead atoms. The molecule has 4 nitrogen and oxygen atoms in total. The predicted molar refractivity (Wildman–Crippen MR) is 48.9 cm³/mol. The summed E-state index contributed by atoms with van der Waals surface area (Å²) < 4.78 is 1.53. The highest BCUT2D eigenvalue weighted by atomic mass is 16.1. The Kier molecular flexibility index (Phi) is 1.73. The smallest absolute Gasteiger partial charge is 0.259 e. The van der Waals surface area contributed by atoms with Gasteiger partial charge in [-0.2, -0.15) is 5.10 Å². The zero-order valence-corrected chi connectivity index (χ0v) is 7.19. The summed E-state index contributed by atoms with van der Waals surface area (Å²) in [5.74, 6) is 0.689. The Morgan fingerprint density at radius 1 is 1.46 bits per heavy atom. The second kappa shape index (κ2) is 2.90. The average Bonchev–Trinajstić information content (AvgIpc) is 2.62. The van der Waals surface area contributed by atoms with Gasteiger partial charge in [0.1, 0.15) is 5.82 Å². The van der Waals surface area contributed by atoms with Gasteiger partial charge in [0, 0.05) is 17.8 Å². The van der Waals surface area contributed by atoms with Gasteiger partial charge in [0.15, 0.2) is 0 Å². The summed E-state index contributed by atoms with van der Waals surface area (Å²) >= 11 is 0. The molecule has 2 aromatic rings. The first kappa shape index (κ1) is 7.79. The van der Waals surface area contributed by atoms with Crippen LogP contribution in [0, 0.1) is 6.92 Å². The Labute approximate surface area is 74.8 Å². The minimum atomic E-state index is -0.0215. The normalized spacial score (nSPS) is 10.2. The van der Waals surface area contributed by atoms with E-state index in [4.69, 9.17) is 0 Å². The summed E-state index contributed by atoms with van der Waals surface area (Å²) in [5, 5.41) is 6.52. The van der Waals surface area contributed by atoms with Crippen molar-refractivity contribution in [3.05, 3.63) is 46.5 Å². The SMILES string of the molecule is Cc1cccn(-c2ccn[nH]2)c1=O. The number of rotatable bonds is 1. The molecule has 1 N–H and O–H groups in total. The van der Waals surface area contributed by atoms with Crippen molar-refractivity contribution in [1.82, 2.24) is 14.8 Å². The molecule has 0 aliphatic carbocycles. The van der Waals surface area contributed by atoms with Gasteiger partial charge < -0.3 is 0 Å². The van der Waals surface area contributed by atoms with Crippen LogP contribution in [0.4, 0.5) is 0 Å². The van der Waals surface area contributed by atoms with Crippen LogP contribution in [0.5, 0.6) is 0 Å². The number of hydrogen-bond acceptors (Lipinski definition) is 2. The van der Waals surface area contributed by atoms with E-state index in [9.17, 15) is 4.79 Å². The third-order valence-corrected chi connectivity index (χ3v) is 1.88. The number of aromatic amines is 1. The van der Waals surface area contributed by atoms with Gasteiger partial charge in [-0.05, 0) is 13.0 Å². The lowest BCUT2D eigenvalue weighted by Gasteiger charge is -2.01. The van der Waals surface area contributed by atoms with Gasteiger partial charge in [-0.3, -0.25) is 14.5 Å². The first-order chi connectivity index (χ1) is 6.29. The highest BCUT2D eigenvalue weighted by Crippen LogP contribution is 1.98. The van der Waals surface area contributed by atoms with Gasteiger partial charge in [-0.1, -0.05) is 6.07 Å². The first-order valence-corrected chi connectivity index (χ1v) is 3.97. The highest BCUT2D eigenvalue weighted by Gasteiger charge is 2.00. The Hall–Kier alpha value is -1.84. The largest absolute Gasteiger partial charge is 0.269 e. The molecule has 2 rings (SSSR count). The van der Waals surface area contributed by atoms with E-state index in [0.717, 1.165) is 5.56 Å². The van der Waals surface area contributed by atoms with Crippen LogP contribution in [0.25, 0.3) is 5.82 Å². The molecule has 0 atom stereocenters. The molecule has 0 spiro atoms. The molecule has 66 valence electrons. The molecular formula is C9H9N3O. The number of aromatic nitrogens is 3. The Bertz CT molecular complexity index is 456. The molecule has 2 heterocycles. The van der Waals surface area contributed by atoms with Crippen LogP contribution in [0.2, 0.25) is 0 Å². The number of hydrogen-bond donors (Lipinski definition) is 1. The Morgan fingerprint density at radius 3 is 3.00 bits per heavy atom. The highest BCUT2D eigenvalue weighted by molar-refractivity contribution is 5.22. The molecule has 2 aromatic heterocycles. The van der Waals surface area contributed by atoms with Crippen LogP contribution in [0.3, 0.4) is 0 Å². The molecule has 0 aromatic carbocycles. The second-order valence-electron chi connectivity index (χ2n) is 2.81. The number of pyridine rings is 1. The van der Waals surface area contributed by atoms with Gasteiger partial charge in [0.05, 0.1) is 6.20 Å². The van der Waals surface area contributed by atoms with Crippen LogP contribution in [0.15, 0.2) is 35.4 Å². The summed E-state index contributed by atoms with van der Waals surface area (Å²) in [5.41, 5.74) is 0.698. The van der Waals surface area contributed by atoms with E-state index in [1.807, 2.05) is 6.07 Å². The first-order valence-electron chi connectivity index (χ1n) is 3.97. The van der Waals surface area contributed by atoms with Gasteiger partial charge >= 0.3 is 0 Å². The lowest BCUT2D eigenvalue weighted by Crippen LogP contribution is -2.19. The second-order valence-corrected chi connectivity index (χ2v) is 2.81. The molecule has 0 aliphatic rings. The van der Waals surface area contributed by atoms with E-state index in [1.54, 1.807) is 31.5 Å². The maximum absolute atomic E-state index is 11.6. The molecular weight excluding hydrogens is 166 g/mol. The molecule has 0 aliphatic heterocycles. The van der Waals surface area contributed by atoms with E-state index >= 15 is 0 Å². The third-order valence-electron chi connectivity index (χ3n) is 1.88. The van der Waals surface area contributed by atoms with Gasteiger partial charge in [0.2, 0.25) is 0 Å². The van der Waals surface area contributed by atoms with Crippen molar-refractivity contribution in [1.29, 1.82) is 0 Å². The molecule has 0 saturated heterocycles. The van der Waals surface area contributed by atoms with Crippen molar-refractivity contribution in [2.24, 2.45) is 0 Å². The Balaban J connectivity index is 2.66. The minimum absolute atomic E-state index is 0.0215. The molecule has 0 amide bonds. The fourth-order valence-corrected chi connectivity index (χ4v) is 1.17. The molecule has 0 unspecified atom stereocenters. The Morgan fingerprint density at radius 2 is 2.31 bits per heavy atom. The van der Waals surface area contributed by atoms with Crippen molar-refractivity contribution in [3.63, 3.8) is 0 Å². The fraction of sp³-hybridized carbons (Fsp3) is 0.111. The van der Waals surface area contributed by atoms with E-state index < -0.39 is 0 Å². The van der Waals surface area contributed by atoms with E-state index in [2.05, 4.69) is 10.2 Å². The number of nitrogens with zero attached hydrogens (tertiary/aromatic N) is 2. The zero-order valence-electron chi connectivity index (χ0n) is 7.19. The quantitative estimate of drug-likeness (QED) is 0.699. The molecule has 0 radical (unpaired) electrons. The molecule has 0 saturated carbocycles. The van der Waals surface area contributed by atoms with E-state index in [-0.39, 0.29) is 5.56 Å². The summed E-state index contributed by atoms with van der Waals surface area (Å²) in [7, 11) is 0. The van der Waals surface area contributed by atoms with Crippen LogP contribution in [-0.4, -0.2) is 14.8 Å². The molecule has 0 fully saturated rings. The average molecular weight is 175 g/mol. The van der Waals surface area contributed by atoms with Crippen molar-refractivity contribution in [2.75, 3.05) is 0 Å². The topological polar surface area (TPSA) is 50.7 Å². The van der Waals surface area contributed by atoms with Gasteiger partial charge in [-0.25, -0.2) is 0 Å². The standard InChI is InChI=1S/C9H9N3O/c1-7-3-2-6-12(9(7)13)8-4-5-10-11-8/h2-6H,1H3,(H,10,11). The van der Waals surface area contributed by atoms with Crippen molar-refractivity contribution in [3.8, 4) is 5.82 Å². The fourth-order valence-electron chi connectivity index (χ4n) is 1.17. The predicted octanol–water partition coefficient (Wildman–Crippen LogP) is 0.869. The van der Waals surface area contributed by atoms with Crippen LogP contribution in [0.1, 0.15) is 5.56 Å². The van der Waals surface area contributed by atoms with Crippen LogP contribution >= 0.6 is 0 Å². The van der Waals surface area contributed by atoms with Crippen LogP contribution in [-0.2, 0) is 0 Å². The maximum atomic E-state index is 11.6. The van der Waals surface area contributed by atoms with E-state index in [0.29, 0.717) is 5.82 Å². The van der Waals surface area contributed by atoms with Crippen molar-refractivity contribution in [2.45, 2.75) is 6.92 Å². The maximum Gasteiger partial charge on any atom is 0.259 e. The van der Waals surface area contributed by atoms with Crippen LogP contribution < -0.4 is 5.56 Å². The van der Waals surface area contributed by atoms with Crippen molar-refractivity contribution < 1.29 is 0 Å². The lowest BCUT2D eigenvalue weighted by atomic mass is 10.3. The van der Waals surface area contributed by atoms with Crippen molar-refractivity contribution >= 4 is 0 Å². The lowest BCUT2D eigenvalue weighted by molar-refractivity contribution is 0.906. The monoisotopic (exact) mass is 175 g/mol. The number of aryl methyl sites for hydroxylation is 1. The van der Waals surface area contributed by atoms with Gasteiger partial charge in [-0.15, -0.1) is 0 Å². The molecule has 13 heavy (non-hydrogen) atoms. The number of H-pyrrole nitrogens is 1. The summed E-state index contributed by atoms with van der Waals surface area (Å²) in [6, 6.07) is 5.37. The minimum Gasteiger partial charge on any atom is -0.269 e. The summed E-state index contributed by atoms with van der Waals surface area (Å²) in [6.07, 6.45) is 3.33.